The van der Waals surface area contributed by atoms with Gasteiger partial charge >= 0.3 is 0 Å². The monoisotopic (exact) mass is 385 g/mol. The van der Waals surface area contributed by atoms with E-state index in [9.17, 15) is 5.11 Å². The lowest BCUT2D eigenvalue weighted by atomic mass is 10.3. The molecule has 0 unspecified atom stereocenters. The van der Waals surface area contributed by atoms with Crippen LogP contribution in [-0.2, 0) is 0 Å². The summed E-state index contributed by atoms with van der Waals surface area (Å²) in [5.74, 6) is 0.721. The van der Waals surface area contributed by atoms with Crippen LogP contribution in [0.3, 0.4) is 0 Å². The van der Waals surface area contributed by atoms with Crippen molar-refractivity contribution in [2.45, 2.75) is 31.1 Å². The summed E-state index contributed by atoms with van der Waals surface area (Å²) < 4.78 is 6.21. The first kappa shape index (κ1) is 16.9. The minimum Gasteiger partial charge on any atom is -0.471 e. The van der Waals surface area contributed by atoms with Gasteiger partial charge in [0.25, 0.3) is 0 Å². The van der Waals surface area contributed by atoms with Crippen molar-refractivity contribution in [1.82, 2.24) is 15.0 Å². The third-order valence-electron chi connectivity index (χ3n) is 2.80. The molecule has 7 nitrogen and oxygen atoms in total. The molecule has 0 saturated heterocycles. The quantitative estimate of drug-likeness (QED) is 0.651. The highest BCUT2D eigenvalue weighted by atomic mass is 79.9. The lowest BCUT2D eigenvalue weighted by Crippen LogP contribution is -2.26. The second-order valence-corrected chi connectivity index (χ2v) is 6.05. The Morgan fingerprint density at radius 1 is 1.32 bits per heavy atom. The van der Waals surface area contributed by atoms with E-state index in [1.807, 2.05) is 6.07 Å². The zero-order valence-electron chi connectivity index (χ0n) is 12.0. The number of hydrogen-bond acceptors (Lipinski definition) is 8. The topological polar surface area (TPSA) is 106 Å². The third-order valence-corrected chi connectivity index (χ3v) is 3.83. The van der Waals surface area contributed by atoms with Crippen molar-refractivity contribution >= 4 is 39.5 Å². The molecule has 0 aliphatic rings. The number of hydrogen-bond donors (Lipinski definition) is 3. The lowest BCUT2D eigenvalue weighted by molar-refractivity contribution is 0.0569. The van der Waals surface area contributed by atoms with Gasteiger partial charge < -0.3 is 15.2 Å². The van der Waals surface area contributed by atoms with Crippen molar-refractivity contribution in [3.8, 4) is 5.88 Å². The summed E-state index contributed by atoms with van der Waals surface area (Å²) in [5, 5.41) is 18.7. The molecular formula is C13H16BrN5O2S. The van der Waals surface area contributed by atoms with Gasteiger partial charge in [-0.2, -0.15) is 4.98 Å². The first-order chi connectivity index (χ1) is 10.5. The number of nitrogens with zero attached hydrogens (tertiary/aromatic N) is 3. The molecule has 0 aliphatic carbocycles. The minimum absolute atomic E-state index is 0.355. The molecule has 0 saturated carbocycles. The summed E-state index contributed by atoms with van der Waals surface area (Å²) in [4.78, 5) is 12.6. The summed E-state index contributed by atoms with van der Waals surface area (Å²) in [6.07, 6.45) is 2.22. The fourth-order valence-corrected chi connectivity index (χ4v) is 1.97. The Morgan fingerprint density at radius 3 is 2.68 bits per heavy atom. The molecule has 2 aromatic rings. The van der Waals surface area contributed by atoms with Crippen LogP contribution >= 0.6 is 27.9 Å². The van der Waals surface area contributed by atoms with Crippen molar-refractivity contribution in [3.05, 3.63) is 29.0 Å². The largest absolute Gasteiger partial charge is 0.471 e. The maximum atomic E-state index is 9.51. The number of aliphatic hydroxyl groups excluding tert-OH is 1. The molecule has 0 aromatic carbocycles. The van der Waals surface area contributed by atoms with E-state index in [4.69, 9.17) is 9.88 Å². The van der Waals surface area contributed by atoms with Gasteiger partial charge in [0, 0.05) is 0 Å². The summed E-state index contributed by atoms with van der Waals surface area (Å²) in [7, 11) is 0. The Bertz CT molecular complexity index is 626. The summed E-state index contributed by atoms with van der Waals surface area (Å²) in [6.45, 7) is 3.42. The summed E-state index contributed by atoms with van der Waals surface area (Å²) in [6, 6.07) is 3.62. The first-order valence-electron chi connectivity index (χ1n) is 6.46. The molecule has 0 aliphatic heterocycles. The zero-order chi connectivity index (χ0) is 16.1. The van der Waals surface area contributed by atoms with Gasteiger partial charge in [-0.25, -0.2) is 9.97 Å². The Morgan fingerprint density at radius 2 is 2.09 bits per heavy atom. The van der Waals surface area contributed by atoms with E-state index in [2.05, 4.69) is 36.2 Å². The van der Waals surface area contributed by atoms with E-state index in [1.54, 1.807) is 32.3 Å². The van der Waals surface area contributed by atoms with Crippen LogP contribution in [0.5, 0.6) is 5.88 Å². The number of halogens is 1. The molecule has 0 radical (unpaired) electrons. The van der Waals surface area contributed by atoms with Crippen LogP contribution in [0.25, 0.3) is 0 Å². The normalized spacial score (nSPS) is 13.5. The fourth-order valence-electron chi connectivity index (χ4n) is 1.42. The maximum Gasteiger partial charge on any atom is 0.233 e. The summed E-state index contributed by atoms with van der Waals surface area (Å²) in [5.41, 5.74) is 0.731. The fraction of sp³-hybridized carbons (Fsp3) is 0.308. The predicted octanol–water partition coefficient (Wildman–Crippen LogP) is 2.49. The number of anilines is 2. The molecule has 2 aromatic heterocycles. The molecule has 9 heteroatoms. The van der Waals surface area contributed by atoms with Gasteiger partial charge in [-0.3, -0.25) is 5.14 Å². The molecule has 2 atom stereocenters. The Hall–Kier alpha value is -1.42. The number of ether oxygens (including phenoxy) is 1. The Labute approximate surface area is 141 Å². The van der Waals surface area contributed by atoms with E-state index in [0.717, 1.165) is 22.7 Å². The number of rotatable bonds is 6. The van der Waals surface area contributed by atoms with E-state index in [1.165, 1.54) is 0 Å². The number of pyridine rings is 1. The molecule has 0 bridgehead atoms. The average Bonchev–Trinajstić information content (AvgIpc) is 2.51. The van der Waals surface area contributed by atoms with Gasteiger partial charge in [-0.05, 0) is 53.9 Å². The van der Waals surface area contributed by atoms with Gasteiger partial charge in [-0.15, -0.1) is 0 Å². The maximum absolute atomic E-state index is 9.51. The molecule has 118 valence electrons. The smallest absolute Gasteiger partial charge is 0.233 e. The van der Waals surface area contributed by atoms with Crippen LogP contribution in [-0.4, -0.2) is 32.3 Å². The molecule has 4 N–H and O–H groups in total. The van der Waals surface area contributed by atoms with Crippen LogP contribution in [0.1, 0.15) is 13.8 Å². The van der Waals surface area contributed by atoms with Gasteiger partial charge in [0.2, 0.25) is 11.8 Å². The van der Waals surface area contributed by atoms with Crippen molar-refractivity contribution in [1.29, 1.82) is 0 Å². The second kappa shape index (κ2) is 7.73. The molecule has 2 heterocycles. The van der Waals surface area contributed by atoms with Crippen molar-refractivity contribution < 1.29 is 9.84 Å². The molecule has 0 fully saturated rings. The Kier molecular flexibility index (Phi) is 5.95. The van der Waals surface area contributed by atoms with Crippen molar-refractivity contribution in [2.24, 2.45) is 5.14 Å². The standard InChI is InChI=1S/C13H16BrN5O2S/c1-7(20)8(2)21-12-10(14)6-17-13(19-12)18-9-3-4-11(22-15)16-5-9/h3-8,20H,15H2,1-2H3,(H,17,18,19)/t7-,8-/m1/s1. The van der Waals surface area contributed by atoms with Crippen molar-refractivity contribution in [3.63, 3.8) is 0 Å². The number of aromatic nitrogens is 3. The molecule has 0 spiro atoms. The highest BCUT2D eigenvalue weighted by Gasteiger charge is 2.14. The van der Waals surface area contributed by atoms with Crippen LogP contribution < -0.4 is 15.2 Å². The highest BCUT2D eigenvalue weighted by Crippen LogP contribution is 2.25. The van der Waals surface area contributed by atoms with E-state index in [0.29, 0.717) is 16.3 Å². The number of nitrogens with two attached hydrogens (primary N) is 1. The van der Waals surface area contributed by atoms with Gasteiger partial charge in [0.05, 0.1) is 28.7 Å². The molecule has 0 amide bonds. The van der Waals surface area contributed by atoms with Crippen molar-refractivity contribution in [2.75, 3.05) is 5.32 Å². The predicted molar refractivity (Wildman–Crippen MR) is 89.1 cm³/mol. The van der Waals surface area contributed by atoms with E-state index < -0.39 is 6.10 Å². The molecule has 2 rings (SSSR count). The van der Waals surface area contributed by atoms with E-state index >= 15 is 0 Å². The van der Waals surface area contributed by atoms with Gasteiger partial charge in [0.15, 0.2) is 0 Å². The lowest BCUT2D eigenvalue weighted by Gasteiger charge is -2.17. The van der Waals surface area contributed by atoms with E-state index in [-0.39, 0.29) is 6.10 Å². The minimum atomic E-state index is -0.608. The molecule has 22 heavy (non-hydrogen) atoms. The molecular weight excluding hydrogens is 370 g/mol. The highest BCUT2D eigenvalue weighted by molar-refractivity contribution is 9.10. The third kappa shape index (κ3) is 4.54. The summed E-state index contributed by atoms with van der Waals surface area (Å²) >= 11 is 4.40. The number of nitrogens with one attached hydrogen (secondary N) is 1. The van der Waals surface area contributed by atoms with Crippen LogP contribution in [0.4, 0.5) is 11.6 Å². The average molecular weight is 386 g/mol. The van der Waals surface area contributed by atoms with Crippen LogP contribution in [0.15, 0.2) is 34.0 Å². The SMILES string of the molecule is C[C@@H](O)[C@@H](C)Oc1nc(Nc2ccc(SN)nc2)ncc1Br. The number of aliphatic hydroxyl groups is 1. The zero-order valence-corrected chi connectivity index (χ0v) is 14.4. The van der Waals surface area contributed by atoms with Gasteiger partial charge in [0.1, 0.15) is 11.1 Å². The van der Waals surface area contributed by atoms with Crippen LogP contribution in [0, 0.1) is 0 Å². The van der Waals surface area contributed by atoms with Crippen LogP contribution in [0.2, 0.25) is 0 Å². The Balaban J connectivity index is 2.14. The second-order valence-electron chi connectivity index (χ2n) is 4.54. The first-order valence-corrected chi connectivity index (χ1v) is 8.14. The van der Waals surface area contributed by atoms with Gasteiger partial charge in [-0.1, -0.05) is 0 Å².